The Morgan fingerprint density at radius 2 is 1.42 bits per heavy atom. The summed E-state index contributed by atoms with van der Waals surface area (Å²) in [4.78, 5) is 47.2. The van der Waals surface area contributed by atoms with Crippen molar-refractivity contribution in [1.29, 1.82) is 0 Å². The van der Waals surface area contributed by atoms with E-state index in [9.17, 15) is 29.4 Å². The van der Waals surface area contributed by atoms with Crippen molar-refractivity contribution in [1.82, 2.24) is 0 Å². The SMILES string of the molecule is CC(=O)c1cccc(C(=O)Nc2ccccc2Oc2cccc(C(=O)O)c2C(=O)O)c1. The molecule has 0 aliphatic heterocycles. The maximum absolute atomic E-state index is 12.7. The predicted molar refractivity (Wildman–Crippen MR) is 111 cm³/mol. The van der Waals surface area contributed by atoms with Crippen LogP contribution in [0.3, 0.4) is 0 Å². The molecule has 0 aliphatic carbocycles. The van der Waals surface area contributed by atoms with Crippen molar-refractivity contribution in [2.24, 2.45) is 0 Å². The zero-order valence-electron chi connectivity index (χ0n) is 16.3. The maximum atomic E-state index is 12.7. The Hall–Kier alpha value is -4.46. The molecule has 0 heterocycles. The lowest BCUT2D eigenvalue weighted by Gasteiger charge is -2.14. The largest absolute Gasteiger partial charge is 0.478 e. The number of amides is 1. The molecular formula is C23H17NO7. The average Bonchev–Trinajstić information content (AvgIpc) is 2.74. The summed E-state index contributed by atoms with van der Waals surface area (Å²) in [5.74, 6) is -3.63. The third-order valence-electron chi connectivity index (χ3n) is 4.36. The summed E-state index contributed by atoms with van der Waals surface area (Å²) in [6.07, 6.45) is 0. The normalized spacial score (nSPS) is 10.2. The molecule has 0 fully saturated rings. The number of anilines is 1. The van der Waals surface area contributed by atoms with Gasteiger partial charge < -0.3 is 20.3 Å². The number of Topliss-reactive ketones (excluding diaryl/α,β-unsaturated/α-hetero) is 1. The van der Waals surface area contributed by atoms with Crippen molar-refractivity contribution >= 4 is 29.3 Å². The molecule has 3 aromatic rings. The first-order valence-electron chi connectivity index (χ1n) is 9.06. The van der Waals surface area contributed by atoms with Gasteiger partial charge in [0.15, 0.2) is 11.5 Å². The lowest BCUT2D eigenvalue weighted by molar-refractivity contribution is 0.0649. The van der Waals surface area contributed by atoms with Crippen LogP contribution in [0.2, 0.25) is 0 Å². The lowest BCUT2D eigenvalue weighted by atomic mass is 10.1. The van der Waals surface area contributed by atoms with Gasteiger partial charge in [0.25, 0.3) is 5.91 Å². The summed E-state index contributed by atoms with van der Waals surface area (Å²) < 4.78 is 5.68. The number of ether oxygens (including phenoxy) is 1. The molecule has 3 rings (SSSR count). The molecule has 0 atom stereocenters. The number of nitrogens with one attached hydrogen (secondary N) is 1. The van der Waals surface area contributed by atoms with Gasteiger partial charge in [0, 0.05) is 11.1 Å². The summed E-state index contributed by atoms with van der Waals surface area (Å²) >= 11 is 0. The molecule has 0 radical (unpaired) electrons. The van der Waals surface area contributed by atoms with Crippen LogP contribution in [0.15, 0.2) is 66.7 Å². The Bertz CT molecular complexity index is 1200. The number of ketones is 1. The fourth-order valence-electron chi connectivity index (χ4n) is 2.87. The molecular weight excluding hydrogens is 402 g/mol. The first-order chi connectivity index (χ1) is 14.8. The Morgan fingerprint density at radius 1 is 0.774 bits per heavy atom. The Labute approximate surface area is 176 Å². The monoisotopic (exact) mass is 419 g/mol. The number of para-hydroxylation sites is 2. The highest BCUT2D eigenvalue weighted by molar-refractivity contribution is 6.07. The van der Waals surface area contributed by atoms with Gasteiger partial charge in [-0.15, -0.1) is 0 Å². The lowest BCUT2D eigenvalue weighted by Crippen LogP contribution is -2.14. The van der Waals surface area contributed by atoms with E-state index in [1.165, 1.54) is 31.2 Å². The summed E-state index contributed by atoms with van der Waals surface area (Å²) in [5, 5.41) is 21.4. The highest BCUT2D eigenvalue weighted by Gasteiger charge is 2.22. The second kappa shape index (κ2) is 8.91. The second-order valence-corrected chi connectivity index (χ2v) is 6.48. The summed E-state index contributed by atoms with van der Waals surface area (Å²) in [5.41, 5.74) is -0.0639. The van der Waals surface area contributed by atoms with E-state index < -0.39 is 29.0 Å². The van der Waals surface area contributed by atoms with Crippen LogP contribution in [0.1, 0.15) is 48.4 Å². The van der Waals surface area contributed by atoms with Gasteiger partial charge in [-0.25, -0.2) is 9.59 Å². The van der Waals surface area contributed by atoms with Crippen LogP contribution in [0.25, 0.3) is 0 Å². The molecule has 0 aromatic heterocycles. The number of hydrogen-bond donors (Lipinski definition) is 3. The maximum Gasteiger partial charge on any atom is 0.340 e. The van der Waals surface area contributed by atoms with E-state index in [0.29, 0.717) is 5.56 Å². The Morgan fingerprint density at radius 3 is 2.10 bits per heavy atom. The quantitative estimate of drug-likeness (QED) is 0.486. The van der Waals surface area contributed by atoms with Crippen LogP contribution >= 0.6 is 0 Å². The highest BCUT2D eigenvalue weighted by atomic mass is 16.5. The van der Waals surface area contributed by atoms with Crippen LogP contribution in [0.5, 0.6) is 11.5 Å². The fraction of sp³-hybridized carbons (Fsp3) is 0.0435. The van der Waals surface area contributed by atoms with Crippen molar-refractivity contribution < 1.29 is 34.1 Å². The van der Waals surface area contributed by atoms with Gasteiger partial charge in [-0.2, -0.15) is 0 Å². The Balaban J connectivity index is 1.94. The zero-order chi connectivity index (χ0) is 22.5. The van der Waals surface area contributed by atoms with Crippen LogP contribution in [-0.4, -0.2) is 33.8 Å². The zero-order valence-corrected chi connectivity index (χ0v) is 16.3. The molecule has 0 unspecified atom stereocenters. The Kier molecular flexibility index (Phi) is 6.11. The molecule has 0 bridgehead atoms. The van der Waals surface area contributed by atoms with Gasteiger partial charge in [-0.3, -0.25) is 9.59 Å². The molecule has 0 saturated heterocycles. The molecule has 3 aromatic carbocycles. The number of carbonyl (C=O) groups is 4. The number of benzene rings is 3. The van der Waals surface area contributed by atoms with Crippen LogP contribution in [0, 0.1) is 0 Å². The molecule has 8 heteroatoms. The molecule has 1 amide bonds. The number of aromatic carboxylic acids is 2. The van der Waals surface area contributed by atoms with Crippen molar-refractivity contribution in [2.45, 2.75) is 6.92 Å². The fourth-order valence-corrected chi connectivity index (χ4v) is 2.87. The number of rotatable bonds is 7. The van der Waals surface area contributed by atoms with Gasteiger partial charge in [-0.05, 0) is 43.3 Å². The van der Waals surface area contributed by atoms with Crippen molar-refractivity contribution in [3.8, 4) is 11.5 Å². The molecule has 0 spiro atoms. The van der Waals surface area contributed by atoms with Crippen LogP contribution in [-0.2, 0) is 0 Å². The minimum atomic E-state index is -1.46. The van der Waals surface area contributed by atoms with E-state index in [-0.39, 0.29) is 28.5 Å². The molecule has 0 saturated carbocycles. The number of hydrogen-bond acceptors (Lipinski definition) is 5. The van der Waals surface area contributed by atoms with Crippen LogP contribution in [0.4, 0.5) is 5.69 Å². The average molecular weight is 419 g/mol. The van der Waals surface area contributed by atoms with Gasteiger partial charge in [-0.1, -0.05) is 30.3 Å². The number of carbonyl (C=O) groups excluding carboxylic acids is 2. The second-order valence-electron chi connectivity index (χ2n) is 6.48. The standard InChI is InChI=1S/C23H17NO7/c1-13(25)14-6-4-7-15(12-14)21(26)24-17-9-2-3-10-18(17)31-19-11-5-8-16(22(27)28)20(19)23(29)30/h2-12H,1H3,(H,24,26)(H,27,28)(H,29,30). The van der Waals surface area contributed by atoms with Gasteiger partial charge in [0.2, 0.25) is 0 Å². The first-order valence-corrected chi connectivity index (χ1v) is 9.06. The minimum absolute atomic E-state index is 0.114. The summed E-state index contributed by atoms with van der Waals surface area (Å²) in [6, 6.07) is 16.3. The van der Waals surface area contributed by atoms with Gasteiger partial charge in [0.1, 0.15) is 11.3 Å². The van der Waals surface area contributed by atoms with Crippen LogP contribution < -0.4 is 10.1 Å². The molecule has 0 aliphatic rings. The number of carboxylic acids is 2. The third kappa shape index (κ3) is 4.76. The first kappa shape index (κ1) is 21.3. The third-order valence-corrected chi connectivity index (χ3v) is 4.36. The smallest absolute Gasteiger partial charge is 0.340 e. The predicted octanol–water partition coefficient (Wildman–Crippen LogP) is 4.33. The van der Waals surface area contributed by atoms with Gasteiger partial charge in [0.05, 0.1) is 11.3 Å². The van der Waals surface area contributed by atoms with Crippen molar-refractivity contribution in [3.63, 3.8) is 0 Å². The van der Waals surface area contributed by atoms with E-state index in [0.717, 1.165) is 6.07 Å². The van der Waals surface area contributed by atoms with E-state index in [1.807, 2.05) is 0 Å². The van der Waals surface area contributed by atoms with Crippen molar-refractivity contribution in [2.75, 3.05) is 5.32 Å². The van der Waals surface area contributed by atoms with E-state index in [4.69, 9.17) is 4.74 Å². The molecule has 3 N–H and O–H groups in total. The van der Waals surface area contributed by atoms with Gasteiger partial charge >= 0.3 is 11.9 Å². The summed E-state index contributed by atoms with van der Waals surface area (Å²) in [7, 11) is 0. The minimum Gasteiger partial charge on any atom is -0.478 e. The molecule has 156 valence electrons. The van der Waals surface area contributed by atoms with E-state index in [2.05, 4.69) is 5.32 Å². The number of carboxylic acid groups (broad SMARTS) is 2. The highest BCUT2D eigenvalue weighted by Crippen LogP contribution is 2.33. The van der Waals surface area contributed by atoms with E-state index >= 15 is 0 Å². The van der Waals surface area contributed by atoms with Crippen molar-refractivity contribution in [3.05, 3.63) is 89.0 Å². The topological polar surface area (TPSA) is 130 Å². The molecule has 31 heavy (non-hydrogen) atoms. The molecule has 8 nitrogen and oxygen atoms in total. The van der Waals surface area contributed by atoms with E-state index in [1.54, 1.807) is 36.4 Å². The summed E-state index contributed by atoms with van der Waals surface area (Å²) in [6.45, 7) is 1.39.